The molecule has 0 aliphatic carbocycles. The molecule has 1 fully saturated rings. The number of rotatable bonds is 7. The van der Waals surface area contributed by atoms with Gasteiger partial charge in [0.25, 0.3) is 0 Å². The van der Waals surface area contributed by atoms with Crippen LogP contribution in [0.1, 0.15) is 12.8 Å². The molecule has 1 heterocycles. The van der Waals surface area contributed by atoms with Gasteiger partial charge in [-0.1, -0.05) is 36.4 Å². The van der Waals surface area contributed by atoms with Crippen molar-refractivity contribution in [3.05, 3.63) is 60.7 Å². The lowest BCUT2D eigenvalue weighted by Gasteiger charge is -2.20. The second-order valence-electron chi connectivity index (χ2n) is 5.20. The molecule has 2 aromatic rings. The minimum Gasteiger partial charge on any atom is -0.460 e. The highest BCUT2D eigenvalue weighted by molar-refractivity contribution is 7.49. The molecule has 0 bridgehead atoms. The number of cyclic esters (lactones) is 1. The number of carbonyl (C=O) groups is 1. The number of ether oxygens (including phenoxy) is 1. The summed E-state index contributed by atoms with van der Waals surface area (Å²) in [5.74, 6) is 0.437. The Morgan fingerprint density at radius 1 is 0.958 bits per heavy atom. The van der Waals surface area contributed by atoms with Gasteiger partial charge >= 0.3 is 13.8 Å². The Balaban J connectivity index is 1.72. The number of phosphoric ester groups is 1. The van der Waals surface area contributed by atoms with E-state index < -0.39 is 13.9 Å². The van der Waals surface area contributed by atoms with E-state index in [1.807, 2.05) is 12.1 Å². The Bertz CT molecular complexity index is 673. The summed E-state index contributed by atoms with van der Waals surface area (Å²) in [6.45, 7) is -0.0529. The first kappa shape index (κ1) is 16.6. The Kier molecular flexibility index (Phi) is 5.18. The molecule has 0 N–H and O–H groups in total. The summed E-state index contributed by atoms with van der Waals surface area (Å²) in [5, 5.41) is 0. The predicted octanol–water partition coefficient (Wildman–Crippen LogP) is 3.97. The van der Waals surface area contributed by atoms with Crippen LogP contribution in [0.25, 0.3) is 0 Å². The molecule has 1 unspecified atom stereocenters. The van der Waals surface area contributed by atoms with Crippen LogP contribution in [-0.2, 0) is 18.6 Å². The Labute approximate surface area is 139 Å². The van der Waals surface area contributed by atoms with Crippen molar-refractivity contribution in [2.75, 3.05) is 6.61 Å². The third-order valence-electron chi connectivity index (χ3n) is 3.31. The van der Waals surface area contributed by atoms with Crippen molar-refractivity contribution in [3.63, 3.8) is 0 Å². The van der Waals surface area contributed by atoms with E-state index >= 15 is 0 Å². The zero-order valence-electron chi connectivity index (χ0n) is 12.9. The van der Waals surface area contributed by atoms with Gasteiger partial charge in [-0.2, -0.15) is 0 Å². The van der Waals surface area contributed by atoms with Gasteiger partial charge in [-0.3, -0.25) is 9.32 Å². The highest BCUT2D eigenvalue weighted by atomic mass is 31.2. The maximum Gasteiger partial charge on any atom is 0.587 e. The average molecular weight is 348 g/mol. The summed E-state index contributed by atoms with van der Waals surface area (Å²) in [7, 11) is -3.93. The lowest BCUT2D eigenvalue weighted by Crippen LogP contribution is -2.17. The van der Waals surface area contributed by atoms with Gasteiger partial charge in [0.1, 0.15) is 17.6 Å². The van der Waals surface area contributed by atoms with Crippen molar-refractivity contribution < 1.29 is 27.7 Å². The monoisotopic (exact) mass is 348 g/mol. The minimum atomic E-state index is -3.93. The Morgan fingerprint density at radius 2 is 1.50 bits per heavy atom. The van der Waals surface area contributed by atoms with Crippen molar-refractivity contribution in [2.24, 2.45) is 0 Å². The van der Waals surface area contributed by atoms with Crippen LogP contribution < -0.4 is 9.05 Å². The number of carbonyl (C=O) groups excluding carboxylic acids is 1. The number of hydrogen-bond acceptors (Lipinski definition) is 6. The summed E-state index contributed by atoms with van der Waals surface area (Å²) < 4.78 is 34.4. The zero-order valence-corrected chi connectivity index (χ0v) is 13.8. The van der Waals surface area contributed by atoms with Gasteiger partial charge in [-0.15, -0.1) is 0 Å². The van der Waals surface area contributed by atoms with Crippen LogP contribution >= 0.6 is 7.82 Å². The highest BCUT2D eigenvalue weighted by Gasteiger charge is 2.34. The van der Waals surface area contributed by atoms with Crippen LogP contribution in [0.2, 0.25) is 0 Å². The van der Waals surface area contributed by atoms with Crippen LogP contribution in [-0.4, -0.2) is 18.7 Å². The van der Waals surface area contributed by atoms with Gasteiger partial charge in [0.15, 0.2) is 0 Å². The second-order valence-corrected chi connectivity index (χ2v) is 6.72. The van der Waals surface area contributed by atoms with Crippen molar-refractivity contribution in [1.29, 1.82) is 0 Å². The molecule has 126 valence electrons. The van der Waals surface area contributed by atoms with E-state index in [4.69, 9.17) is 18.3 Å². The van der Waals surface area contributed by atoms with Crippen molar-refractivity contribution in [3.8, 4) is 11.5 Å². The van der Waals surface area contributed by atoms with Crippen molar-refractivity contribution in [2.45, 2.75) is 18.9 Å². The number of hydrogen-bond donors (Lipinski definition) is 0. The van der Waals surface area contributed by atoms with E-state index in [0.717, 1.165) is 0 Å². The Hall–Kier alpha value is -2.30. The highest BCUT2D eigenvalue weighted by Crippen LogP contribution is 2.49. The molecule has 1 aliphatic heterocycles. The largest absolute Gasteiger partial charge is 0.587 e. The topological polar surface area (TPSA) is 71.1 Å². The number of benzene rings is 2. The van der Waals surface area contributed by atoms with Gasteiger partial charge in [0.2, 0.25) is 0 Å². The van der Waals surface area contributed by atoms with Crippen molar-refractivity contribution >= 4 is 13.8 Å². The maximum atomic E-state index is 13.0. The lowest BCUT2D eigenvalue weighted by atomic mass is 10.2. The molecule has 1 aliphatic rings. The summed E-state index contributed by atoms with van der Waals surface area (Å²) in [6, 6.07) is 17.2. The van der Waals surface area contributed by atoms with Crippen LogP contribution in [0.5, 0.6) is 11.5 Å². The van der Waals surface area contributed by atoms with E-state index in [0.29, 0.717) is 24.3 Å². The molecule has 0 radical (unpaired) electrons. The molecule has 0 aromatic heterocycles. The third-order valence-corrected chi connectivity index (χ3v) is 4.64. The molecular weight excluding hydrogens is 331 g/mol. The summed E-state index contributed by atoms with van der Waals surface area (Å²) >= 11 is 0. The summed E-state index contributed by atoms with van der Waals surface area (Å²) in [4.78, 5) is 11.2. The molecule has 1 atom stereocenters. The fourth-order valence-corrected chi connectivity index (χ4v) is 3.42. The summed E-state index contributed by atoms with van der Waals surface area (Å²) in [6.07, 6.45) is 0.414. The molecule has 0 amide bonds. The molecule has 6 nitrogen and oxygen atoms in total. The van der Waals surface area contributed by atoms with Crippen LogP contribution in [0, 0.1) is 0 Å². The predicted molar refractivity (Wildman–Crippen MR) is 86.8 cm³/mol. The quantitative estimate of drug-likeness (QED) is 0.557. The van der Waals surface area contributed by atoms with Crippen LogP contribution in [0.4, 0.5) is 0 Å². The van der Waals surface area contributed by atoms with Crippen LogP contribution in [0.15, 0.2) is 60.7 Å². The number of para-hydroxylation sites is 2. The molecule has 2 aromatic carbocycles. The summed E-state index contributed by atoms with van der Waals surface area (Å²) in [5.41, 5.74) is 0. The van der Waals surface area contributed by atoms with E-state index in [9.17, 15) is 9.36 Å². The fraction of sp³-hybridized carbons (Fsp3) is 0.235. The molecule has 3 rings (SSSR count). The molecular formula is C17H17O6P. The fourth-order valence-electron chi connectivity index (χ4n) is 2.17. The number of esters is 1. The molecule has 0 saturated carbocycles. The standard InChI is InChI=1S/C17H17O6P/c18-17-12-11-16(21-17)13-20-24(19,22-14-7-3-1-4-8-14)23-15-9-5-2-6-10-15/h1-10,16H,11-13H2. The SMILES string of the molecule is O=C1CCC(COP(=O)(Oc2ccccc2)Oc2ccccc2)O1. The van der Waals surface area contributed by atoms with Crippen LogP contribution in [0.3, 0.4) is 0 Å². The smallest absolute Gasteiger partial charge is 0.460 e. The minimum absolute atomic E-state index is 0.0529. The van der Waals surface area contributed by atoms with Gasteiger partial charge in [-0.25, -0.2) is 4.57 Å². The lowest BCUT2D eigenvalue weighted by molar-refractivity contribution is -0.142. The van der Waals surface area contributed by atoms with Gasteiger partial charge < -0.3 is 13.8 Å². The first-order valence-electron chi connectivity index (χ1n) is 7.56. The van der Waals surface area contributed by atoms with E-state index in [1.54, 1.807) is 48.5 Å². The molecule has 24 heavy (non-hydrogen) atoms. The zero-order chi connectivity index (χ0) is 16.8. The van der Waals surface area contributed by atoms with Gasteiger partial charge in [0, 0.05) is 6.42 Å². The third kappa shape index (κ3) is 4.60. The van der Waals surface area contributed by atoms with E-state index in [-0.39, 0.29) is 12.6 Å². The maximum absolute atomic E-state index is 13.0. The van der Waals surface area contributed by atoms with Crippen molar-refractivity contribution in [1.82, 2.24) is 0 Å². The van der Waals surface area contributed by atoms with E-state index in [1.165, 1.54) is 0 Å². The molecule has 1 saturated heterocycles. The van der Waals surface area contributed by atoms with Gasteiger partial charge in [-0.05, 0) is 30.7 Å². The molecule has 7 heteroatoms. The number of phosphoric acid groups is 1. The molecule has 0 spiro atoms. The normalized spacial score (nSPS) is 17.3. The second kappa shape index (κ2) is 7.51. The first-order valence-corrected chi connectivity index (χ1v) is 9.02. The van der Waals surface area contributed by atoms with E-state index in [2.05, 4.69) is 0 Å². The van der Waals surface area contributed by atoms with Gasteiger partial charge in [0.05, 0.1) is 6.61 Å². The Morgan fingerprint density at radius 3 is 1.96 bits per heavy atom. The first-order chi connectivity index (χ1) is 11.6. The average Bonchev–Trinajstić information content (AvgIpc) is 3.00.